The van der Waals surface area contributed by atoms with E-state index in [2.05, 4.69) is 31.9 Å². The summed E-state index contributed by atoms with van der Waals surface area (Å²) >= 11 is 7.13. The van der Waals surface area contributed by atoms with E-state index in [0.29, 0.717) is 23.5 Å². The molecular weight excluding hydrogens is 423 g/mol. The predicted octanol–water partition coefficient (Wildman–Crippen LogP) is 3.89. The second kappa shape index (κ2) is 6.67. The van der Waals surface area contributed by atoms with E-state index in [-0.39, 0.29) is 28.7 Å². The number of benzene rings is 1. The lowest BCUT2D eigenvalue weighted by Crippen LogP contribution is -2.37. The van der Waals surface area contributed by atoms with Crippen LogP contribution in [-0.2, 0) is 16.3 Å². The zero-order valence-corrected chi connectivity index (χ0v) is 15.9. The average molecular weight is 442 g/mol. The van der Waals surface area contributed by atoms with Crippen LogP contribution in [0.3, 0.4) is 0 Å². The van der Waals surface area contributed by atoms with Crippen LogP contribution in [0.15, 0.2) is 18.2 Å². The van der Waals surface area contributed by atoms with E-state index in [4.69, 9.17) is 0 Å². The van der Waals surface area contributed by atoms with Gasteiger partial charge in [0.2, 0.25) is 0 Å². The monoisotopic (exact) mass is 440 g/mol. The standard InChI is InChI=1S/C15H19Br2FO2S/c1-11-2-3-14(18)6-12(11)7-15(9-16,10-17)13-4-5-21(19,20)8-13/h2-3,6,13H,4-5,7-10H2,1H3. The highest BCUT2D eigenvalue weighted by molar-refractivity contribution is 9.09. The van der Waals surface area contributed by atoms with E-state index in [1.807, 2.05) is 6.92 Å². The van der Waals surface area contributed by atoms with Crippen molar-refractivity contribution in [2.45, 2.75) is 19.8 Å². The maximum atomic E-state index is 13.5. The molecular formula is C15H19Br2FO2S. The van der Waals surface area contributed by atoms with Crippen molar-refractivity contribution in [3.63, 3.8) is 0 Å². The molecule has 1 heterocycles. The first-order valence-corrected chi connectivity index (χ1v) is 11.0. The van der Waals surface area contributed by atoms with Gasteiger partial charge >= 0.3 is 0 Å². The van der Waals surface area contributed by atoms with Gasteiger partial charge in [0.25, 0.3) is 0 Å². The maximum Gasteiger partial charge on any atom is 0.150 e. The van der Waals surface area contributed by atoms with Crippen LogP contribution in [0, 0.1) is 24.1 Å². The van der Waals surface area contributed by atoms with Crippen molar-refractivity contribution in [3.05, 3.63) is 35.1 Å². The molecule has 0 aromatic heterocycles. The summed E-state index contributed by atoms with van der Waals surface area (Å²) in [4.78, 5) is 0. The van der Waals surface area contributed by atoms with Gasteiger partial charge in [-0.1, -0.05) is 37.9 Å². The van der Waals surface area contributed by atoms with E-state index < -0.39 is 9.84 Å². The number of sulfone groups is 1. The van der Waals surface area contributed by atoms with Gasteiger partial charge in [-0.3, -0.25) is 0 Å². The van der Waals surface area contributed by atoms with Gasteiger partial charge in [0, 0.05) is 10.7 Å². The minimum absolute atomic E-state index is 0.101. The number of alkyl halides is 2. The van der Waals surface area contributed by atoms with E-state index in [1.54, 1.807) is 12.1 Å². The van der Waals surface area contributed by atoms with Crippen molar-refractivity contribution in [2.24, 2.45) is 11.3 Å². The van der Waals surface area contributed by atoms with Crippen LogP contribution < -0.4 is 0 Å². The highest BCUT2D eigenvalue weighted by Crippen LogP contribution is 2.42. The molecule has 1 aliphatic rings. The van der Waals surface area contributed by atoms with E-state index in [0.717, 1.165) is 11.1 Å². The molecule has 1 aromatic carbocycles. The van der Waals surface area contributed by atoms with Crippen LogP contribution >= 0.6 is 31.9 Å². The van der Waals surface area contributed by atoms with E-state index in [9.17, 15) is 12.8 Å². The molecule has 1 aliphatic heterocycles. The summed E-state index contributed by atoms with van der Waals surface area (Å²) < 4.78 is 37.1. The average Bonchev–Trinajstić information content (AvgIpc) is 2.81. The maximum absolute atomic E-state index is 13.5. The summed E-state index contributed by atoms with van der Waals surface area (Å²) in [5.41, 5.74) is 1.80. The topological polar surface area (TPSA) is 34.1 Å². The van der Waals surface area contributed by atoms with Gasteiger partial charge in [-0.25, -0.2) is 12.8 Å². The number of rotatable bonds is 5. The van der Waals surface area contributed by atoms with Crippen LogP contribution in [0.5, 0.6) is 0 Å². The fourth-order valence-corrected chi connectivity index (χ4v) is 7.16. The van der Waals surface area contributed by atoms with Crippen molar-refractivity contribution >= 4 is 41.7 Å². The molecule has 0 spiro atoms. The molecule has 0 N–H and O–H groups in total. The summed E-state index contributed by atoms with van der Waals surface area (Å²) in [5, 5.41) is 1.39. The molecule has 0 saturated carbocycles. The first-order chi connectivity index (χ1) is 9.82. The third-order valence-electron chi connectivity index (χ3n) is 4.48. The molecule has 1 unspecified atom stereocenters. The molecule has 0 radical (unpaired) electrons. The van der Waals surface area contributed by atoms with Gasteiger partial charge in [0.1, 0.15) is 5.82 Å². The van der Waals surface area contributed by atoms with Gasteiger partial charge in [0.05, 0.1) is 11.5 Å². The Kier molecular flexibility index (Phi) is 5.53. The fraction of sp³-hybridized carbons (Fsp3) is 0.600. The molecule has 1 fully saturated rings. The molecule has 1 atom stereocenters. The first-order valence-electron chi connectivity index (χ1n) is 6.89. The minimum Gasteiger partial charge on any atom is -0.229 e. The van der Waals surface area contributed by atoms with Gasteiger partial charge in [0.15, 0.2) is 9.84 Å². The Labute approximate surface area is 142 Å². The Morgan fingerprint density at radius 2 is 2.00 bits per heavy atom. The summed E-state index contributed by atoms with van der Waals surface area (Å²) in [6.45, 7) is 1.97. The van der Waals surface area contributed by atoms with Gasteiger partial charge < -0.3 is 0 Å². The molecule has 0 bridgehead atoms. The summed E-state index contributed by atoms with van der Waals surface area (Å²) in [5.74, 6) is 0.358. The molecule has 1 aromatic rings. The molecule has 6 heteroatoms. The number of halogens is 3. The van der Waals surface area contributed by atoms with E-state index in [1.165, 1.54) is 6.07 Å². The number of aryl methyl sites for hydroxylation is 1. The third-order valence-corrected chi connectivity index (χ3v) is 8.49. The zero-order chi connectivity index (χ0) is 15.7. The van der Waals surface area contributed by atoms with Crippen molar-refractivity contribution in [1.82, 2.24) is 0 Å². The number of hydrogen-bond donors (Lipinski definition) is 0. The third kappa shape index (κ3) is 3.88. The second-order valence-electron chi connectivity index (χ2n) is 5.98. The SMILES string of the molecule is Cc1ccc(F)cc1CC(CBr)(CBr)C1CCS(=O)(=O)C1. The Hall–Kier alpha value is 0.0600. The Bertz CT molecular complexity index is 612. The summed E-state index contributed by atoms with van der Waals surface area (Å²) in [7, 11) is -2.93. The Balaban J connectivity index is 2.32. The Morgan fingerprint density at radius 1 is 1.33 bits per heavy atom. The molecule has 2 rings (SSSR count). The smallest absolute Gasteiger partial charge is 0.150 e. The van der Waals surface area contributed by atoms with Crippen LogP contribution in [0.2, 0.25) is 0 Å². The predicted molar refractivity (Wildman–Crippen MR) is 91.6 cm³/mol. The Morgan fingerprint density at radius 3 is 2.52 bits per heavy atom. The van der Waals surface area contributed by atoms with Crippen molar-refractivity contribution in [3.8, 4) is 0 Å². The van der Waals surface area contributed by atoms with Crippen LogP contribution in [-0.4, -0.2) is 30.6 Å². The second-order valence-corrected chi connectivity index (χ2v) is 9.33. The van der Waals surface area contributed by atoms with Crippen molar-refractivity contribution in [2.75, 3.05) is 22.2 Å². The first kappa shape index (κ1) is 17.4. The molecule has 0 amide bonds. The lowest BCUT2D eigenvalue weighted by molar-refractivity contribution is 0.252. The summed E-state index contributed by atoms with van der Waals surface area (Å²) in [6.07, 6.45) is 1.36. The molecule has 21 heavy (non-hydrogen) atoms. The van der Waals surface area contributed by atoms with Crippen molar-refractivity contribution < 1.29 is 12.8 Å². The fourth-order valence-electron chi connectivity index (χ4n) is 2.98. The minimum atomic E-state index is -2.93. The highest BCUT2D eigenvalue weighted by atomic mass is 79.9. The van der Waals surface area contributed by atoms with Crippen molar-refractivity contribution in [1.29, 1.82) is 0 Å². The van der Waals surface area contributed by atoms with Crippen LogP contribution in [0.4, 0.5) is 4.39 Å². The van der Waals surface area contributed by atoms with Crippen LogP contribution in [0.1, 0.15) is 17.5 Å². The normalized spacial score (nSPS) is 21.6. The zero-order valence-electron chi connectivity index (χ0n) is 11.9. The largest absolute Gasteiger partial charge is 0.229 e. The molecule has 118 valence electrons. The van der Waals surface area contributed by atoms with E-state index >= 15 is 0 Å². The van der Waals surface area contributed by atoms with Crippen LogP contribution in [0.25, 0.3) is 0 Å². The van der Waals surface area contributed by atoms with Gasteiger partial charge in [-0.15, -0.1) is 0 Å². The molecule has 1 saturated heterocycles. The lowest BCUT2D eigenvalue weighted by Gasteiger charge is -2.36. The highest BCUT2D eigenvalue weighted by Gasteiger charge is 2.43. The summed E-state index contributed by atoms with van der Waals surface area (Å²) in [6, 6.07) is 4.81. The number of hydrogen-bond acceptors (Lipinski definition) is 2. The van der Waals surface area contributed by atoms with Gasteiger partial charge in [-0.2, -0.15) is 0 Å². The molecule has 2 nitrogen and oxygen atoms in total. The quantitative estimate of drug-likeness (QED) is 0.649. The van der Waals surface area contributed by atoms with Gasteiger partial charge in [-0.05, 0) is 54.4 Å². The molecule has 0 aliphatic carbocycles. The lowest BCUT2D eigenvalue weighted by atomic mass is 9.73.